The Balaban J connectivity index is 4.14. The van der Waals surface area contributed by atoms with E-state index in [0.717, 1.165) is 0 Å². The van der Waals surface area contributed by atoms with E-state index in [1.807, 2.05) is 0 Å². The predicted octanol–water partition coefficient (Wildman–Crippen LogP) is -0.0279. The average molecular weight is 213 g/mol. The molecular formula is C10H15NO4. The van der Waals surface area contributed by atoms with E-state index in [0.29, 0.717) is 12.6 Å². The number of hydrogen-bond donors (Lipinski definition) is 0. The largest absolute Gasteiger partial charge is 0.328 e. The van der Waals surface area contributed by atoms with Crippen LogP contribution in [0.1, 0.15) is 26.2 Å². The first kappa shape index (κ1) is 13.5. The molecule has 0 aromatic rings. The van der Waals surface area contributed by atoms with E-state index >= 15 is 0 Å². The summed E-state index contributed by atoms with van der Waals surface area (Å²) in [5.74, 6) is -0.438. The molecule has 0 aliphatic carbocycles. The lowest BCUT2D eigenvalue weighted by Gasteiger charge is -2.18. The summed E-state index contributed by atoms with van der Waals surface area (Å²) in [5, 5.41) is 0. The van der Waals surface area contributed by atoms with Crippen molar-refractivity contribution in [1.29, 1.82) is 0 Å². The smallest absolute Gasteiger partial charge is 0.223 e. The Morgan fingerprint density at radius 2 is 1.87 bits per heavy atom. The molecule has 84 valence electrons. The number of carbonyl (C=O) groups excluding carboxylic acids is 4. The van der Waals surface area contributed by atoms with Gasteiger partial charge in [0.2, 0.25) is 5.91 Å². The van der Waals surface area contributed by atoms with Crippen LogP contribution in [0.15, 0.2) is 0 Å². The summed E-state index contributed by atoms with van der Waals surface area (Å²) in [6.07, 6.45) is 1.78. The number of hydrogen-bond acceptors (Lipinski definition) is 4. The Kier molecular flexibility index (Phi) is 7.05. The number of aldehydes is 2. The highest BCUT2D eigenvalue weighted by molar-refractivity contribution is 5.87. The molecule has 0 rings (SSSR count). The zero-order valence-electron chi connectivity index (χ0n) is 8.77. The maximum atomic E-state index is 11.3. The van der Waals surface area contributed by atoms with Crippen LogP contribution in [0.25, 0.3) is 0 Å². The summed E-state index contributed by atoms with van der Waals surface area (Å²) in [6, 6.07) is 0. The van der Waals surface area contributed by atoms with Crippen LogP contribution in [-0.4, -0.2) is 42.3 Å². The van der Waals surface area contributed by atoms with Crippen molar-refractivity contribution < 1.29 is 19.2 Å². The van der Waals surface area contributed by atoms with Crippen molar-refractivity contribution in [2.24, 2.45) is 0 Å². The predicted molar refractivity (Wildman–Crippen MR) is 53.2 cm³/mol. The Hall–Kier alpha value is -1.52. The molecule has 0 bridgehead atoms. The molecule has 5 heteroatoms. The van der Waals surface area contributed by atoms with Gasteiger partial charge in [-0.05, 0) is 0 Å². The third-order valence-electron chi connectivity index (χ3n) is 1.86. The number of carbonyl (C=O) groups is 4. The molecule has 0 fully saturated rings. The van der Waals surface area contributed by atoms with E-state index in [-0.39, 0.29) is 44.0 Å². The van der Waals surface area contributed by atoms with E-state index in [2.05, 4.69) is 0 Å². The molecule has 0 aromatic heterocycles. The maximum Gasteiger partial charge on any atom is 0.223 e. The van der Waals surface area contributed by atoms with Crippen LogP contribution in [-0.2, 0) is 19.2 Å². The molecule has 0 N–H and O–H groups in total. The van der Waals surface area contributed by atoms with E-state index in [1.165, 1.54) is 4.90 Å². The second-order valence-corrected chi connectivity index (χ2v) is 3.04. The van der Waals surface area contributed by atoms with Gasteiger partial charge in [-0.15, -0.1) is 0 Å². The number of rotatable bonds is 8. The van der Waals surface area contributed by atoms with Gasteiger partial charge in [0.15, 0.2) is 5.78 Å². The fraction of sp³-hybridized carbons (Fsp3) is 0.600. The van der Waals surface area contributed by atoms with Gasteiger partial charge < -0.3 is 14.5 Å². The highest BCUT2D eigenvalue weighted by Crippen LogP contribution is 1.96. The number of nitrogens with zero attached hydrogens (tertiary/aromatic N) is 1. The molecule has 0 aliphatic heterocycles. The van der Waals surface area contributed by atoms with Crippen molar-refractivity contribution in [2.75, 3.05) is 13.1 Å². The molecule has 0 radical (unpaired) electrons. The van der Waals surface area contributed by atoms with Gasteiger partial charge in [-0.3, -0.25) is 9.59 Å². The van der Waals surface area contributed by atoms with Gasteiger partial charge in [0.1, 0.15) is 12.6 Å². The summed E-state index contributed by atoms with van der Waals surface area (Å²) in [4.78, 5) is 44.0. The number of Topliss-reactive ketones (excluding diaryl/α,β-unsaturated/α-hetero) is 1. The molecule has 1 amide bonds. The minimum absolute atomic E-state index is 0.0699. The standard InChI is InChI=1S/C10H15NO4/c1-2-10(15)11(5-7-13)8-9(14)4-3-6-12/h6-7H,2-5,8H2,1H3. The zero-order valence-corrected chi connectivity index (χ0v) is 8.77. The fourth-order valence-electron chi connectivity index (χ4n) is 1.08. The summed E-state index contributed by atoms with van der Waals surface area (Å²) in [6.45, 7) is 1.51. The van der Waals surface area contributed by atoms with E-state index in [1.54, 1.807) is 6.92 Å². The van der Waals surface area contributed by atoms with Crippen molar-refractivity contribution in [1.82, 2.24) is 4.90 Å². The minimum atomic E-state index is -0.235. The number of ketones is 1. The van der Waals surface area contributed by atoms with Crippen LogP contribution in [0.3, 0.4) is 0 Å². The third-order valence-corrected chi connectivity index (χ3v) is 1.86. The van der Waals surface area contributed by atoms with Crippen LogP contribution < -0.4 is 0 Å². The average Bonchev–Trinajstić information content (AvgIpc) is 2.24. The minimum Gasteiger partial charge on any atom is -0.328 e. The van der Waals surface area contributed by atoms with Gasteiger partial charge in [-0.25, -0.2) is 0 Å². The molecule has 0 aromatic carbocycles. The lowest BCUT2D eigenvalue weighted by Crippen LogP contribution is -2.36. The van der Waals surface area contributed by atoms with Crippen LogP contribution in [0.4, 0.5) is 0 Å². The summed E-state index contributed by atoms with van der Waals surface area (Å²) < 4.78 is 0. The Morgan fingerprint density at radius 1 is 1.20 bits per heavy atom. The summed E-state index contributed by atoms with van der Waals surface area (Å²) >= 11 is 0. The highest BCUT2D eigenvalue weighted by Gasteiger charge is 2.14. The third kappa shape index (κ3) is 5.72. The molecule has 0 atom stereocenters. The van der Waals surface area contributed by atoms with Gasteiger partial charge in [-0.2, -0.15) is 0 Å². The van der Waals surface area contributed by atoms with Gasteiger partial charge in [0, 0.05) is 19.3 Å². The Labute approximate surface area is 88.4 Å². The molecule has 0 saturated heterocycles. The monoisotopic (exact) mass is 213 g/mol. The molecule has 15 heavy (non-hydrogen) atoms. The van der Waals surface area contributed by atoms with Gasteiger partial charge >= 0.3 is 0 Å². The van der Waals surface area contributed by atoms with E-state index < -0.39 is 0 Å². The SMILES string of the molecule is CCC(=O)N(CC=O)CC(=O)CCC=O. The lowest BCUT2D eigenvalue weighted by atomic mass is 10.2. The summed E-state index contributed by atoms with van der Waals surface area (Å²) in [5.41, 5.74) is 0. The van der Waals surface area contributed by atoms with Crippen molar-refractivity contribution in [3.8, 4) is 0 Å². The highest BCUT2D eigenvalue weighted by atomic mass is 16.2. The zero-order chi connectivity index (χ0) is 11.7. The van der Waals surface area contributed by atoms with Crippen LogP contribution in [0, 0.1) is 0 Å². The Bertz CT molecular complexity index is 250. The van der Waals surface area contributed by atoms with E-state index in [4.69, 9.17) is 0 Å². The normalized spacial score (nSPS) is 9.40. The quantitative estimate of drug-likeness (QED) is 0.531. The van der Waals surface area contributed by atoms with Crippen LogP contribution in [0.5, 0.6) is 0 Å². The van der Waals surface area contributed by atoms with E-state index in [9.17, 15) is 19.2 Å². The molecule has 0 heterocycles. The molecule has 0 aliphatic rings. The first-order valence-corrected chi connectivity index (χ1v) is 4.82. The van der Waals surface area contributed by atoms with Gasteiger partial charge in [0.25, 0.3) is 0 Å². The fourth-order valence-corrected chi connectivity index (χ4v) is 1.08. The molecule has 0 saturated carbocycles. The van der Waals surface area contributed by atoms with Crippen LogP contribution in [0.2, 0.25) is 0 Å². The second kappa shape index (κ2) is 7.84. The van der Waals surface area contributed by atoms with Gasteiger partial charge in [0.05, 0.1) is 13.1 Å². The topological polar surface area (TPSA) is 71.5 Å². The lowest BCUT2D eigenvalue weighted by molar-refractivity contribution is -0.136. The first-order valence-electron chi connectivity index (χ1n) is 4.82. The first-order chi connectivity index (χ1) is 7.15. The second-order valence-electron chi connectivity index (χ2n) is 3.04. The van der Waals surface area contributed by atoms with Crippen LogP contribution >= 0.6 is 0 Å². The molecule has 0 spiro atoms. The summed E-state index contributed by atoms with van der Waals surface area (Å²) in [7, 11) is 0. The Morgan fingerprint density at radius 3 is 2.33 bits per heavy atom. The molecule has 5 nitrogen and oxygen atoms in total. The maximum absolute atomic E-state index is 11.3. The van der Waals surface area contributed by atoms with Crippen molar-refractivity contribution >= 4 is 24.3 Å². The molecular weight excluding hydrogens is 198 g/mol. The van der Waals surface area contributed by atoms with Crippen molar-refractivity contribution in [2.45, 2.75) is 26.2 Å². The molecule has 0 unspecified atom stereocenters. The van der Waals surface area contributed by atoms with Crippen molar-refractivity contribution in [3.63, 3.8) is 0 Å². The van der Waals surface area contributed by atoms with Gasteiger partial charge in [-0.1, -0.05) is 6.92 Å². The number of amides is 1. The van der Waals surface area contributed by atoms with Crippen molar-refractivity contribution in [3.05, 3.63) is 0 Å².